The van der Waals surface area contributed by atoms with Crippen molar-refractivity contribution in [3.63, 3.8) is 0 Å². The van der Waals surface area contributed by atoms with Crippen LogP contribution in [0.15, 0.2) is 0 Å². The van der Waals surface area contributed by atoms with E-state index in [2.05, 4.69) is 9.26 Å². The molecule has 2 aliphatic rings. The van der Waals surface area contributed by atoms with Crippen molar-refractivity contribution in [1.29, 1.82) is 0 Å². The molecule has 0 atom stereocenters. The molecular weight excluding hydrogens is 455 g/mol. The van der Waals surface area contributed by atoms with Gasteiger partial charge in [0.1, 0.15) is 0 Å². The molecule has 2 rings (SSSR count). The van der Waals surface area contributed by atoms with Gasteiger partial charge in [0.05, 0.1) is 0 Å². The average Bonchev–Trinajstić information content (AvgIpc) is 2.76. The van der Waals surface area contributed by atoms with E-state index in [1.807, 2.05) is 0 Å². The SMILES string of the molecule is CN1C(=O)N(C)P12(C)OC(C(F)(F)F)(C(F)(F)F)OC2(C(F)(F)F)C(F)(F)F. The van der Waals surface area contributed by atoms with Crippen LogP contribution in [-0.2, 0) is 9.26 Å². The number of carbonyl (C=O) groups excluding carboxylic acids is 1. The summed E-state index contributed by atoms with van der Waals surface area (Å²) in [5.41, 5.74) is 0. The number of amides is 2. The van der Waals surface area contributed by atoms with Crippen LogP contribution < -0.4 is 0 Å². The molecule has 2 aliphatic heterocycles. The van der Waals surface area contributed by atoms with E-state index >= 15 is 0 Å². The first-order valence-corrected chi connectivity index (χ1v) is 9.19. The van der Waals surface area contributed by atoms with Gasteiger partial charge in [0.25, 0.3) is 0 Å². The molecule has 1 spiro atoms. The summed E-state index contributed by atoms with van der Waals surface area (Å²) in [5, 5.41) is -6.13. The van der Waals surface area contributed by atoms with Gasteiger partial charge in [-0.15, -0.1) is 0 Å². The Balaban J connectivity index is 3.09. The predicted octanol–water partition coefficient (Wildman–Crippen LogP) is 4.60. The Hall–Kier alpha value is -1.22. The first-order chi connectivity index (χ1) is 12.0. The summed E-state index contributed by atoms with van der Waals surface area (Å²) < 4.78 is 167. The van der Waals surface area contributed by atoms with Crippen molar-refractivity contribution in [2.24, 2.45) is 0 Å². The van der Waals surface area contributed by atoms with Crippen molar-refractivity contribution in [2.45, 2.75) is 35.8 Å². The van der Waals surface area contributed by atoms with Crippen molar-refractivity contribution < 1.29 is 66.7 Å². The molecule has 0 unspecified atom stereocenters. The zero-order valence-corrected chi connectivity index (χ0v) is 14.5. The van der Waals surface area contributed by atoms with Gasteiger partial charge in [-0.2, -0.15) is 0 Å². The van der Waals surface area contributed by atoms with E-state index in [0.29, 0.717) is 0 Å². The summed E-state index contributed by atoms with van der Waals surface area (Å²) in [7, 11) is -6.84. The van der Waals surface area contributed by atoms with Gasteiger partial charge in [-0.1, -0.05) is 0 Å². The summed E-state index contributed by atoms with van der Waals surface area (Å²) in [4.78, 5) is 11.6. The molecule has 28 heavy (non-hydrogen) atoms. The molecule has 2 heterocycles. The van der Waals surface area contributed by atoms with E-state index in [4.69, 9.17) is 0 Å². The molecule has 2 amide bonds. The number of alkyl halides is 12. The minimum absolute atomic E-state index is 0.165. The zero-order valence-electron chi connectivity index (χ0n) is 13.6. The van der Waals surface area contributed by atoms with E-state index in [1.54, 1.807) is 0 Å². The molecule has 0 bridgehead atoms. The molecule has 0 aliphatic carbocycles. The maximum absolute atomic E-state index is 13.7. The molecule has 0 aromatic rings. The van der Waals surface area contributed by atoms with E-state index < -0.39 is 58.3 Å². The molecule has 5 nitrogen and oxygen atoms in total. The fourth-order valence-corrected chi connectivity index (χ4v) is 8.20. The molecule has 0 N–H and O–H groups in total. The Morgan fingerprint density at radius 3 is 1.32 bits per heavy atom. The molecule has 0 aromatic heterocycles. The standard InChI is InChI=1S/C10H9F12N2O3P/c1-23-4(25)24(2)28(23,3)6(9(17,18)19,10(20,21)22)26-5(27-28,7(11,12)13)8(14,15)16/h1-3H3. The number of nitrogens with zero attached hydrogens (tertiary/aromatic N) is 2. The van der Waals surface area contributed by atoms with Crippen LogP contribution in [0.5, 0.6) is 0 Å². The van der Waals surface area contributed by atoms with E-state index in [1.165, 1.54) is 0 Å². The minimum atomic E-state index is -7.17. The van der Waals surface area contributed by atoms with Gasteiger partial charge in [-0.25, -0.2) is 0 Å². The Bertz CT molecular complexity index is 670. The number of ether oxygens (including phenoxy) is 1. The second-order valence-electron chi connectivity index (χ2n) is 6.12. The fourth-order valence-electron chi connectivity index (χ4n) is 3.27. The van der Waals surface area contributed by atoms with Crippen LogP contribution in [0.4, 0.5) is 57.5 Å². The van der Waals surface area contributed by atoms with Gasteiger partial charge in [-0.3, -0.25) is 0 Å². The van der Waals surface area contributed by atoms with Gasteiger partial charge < -0.3 is 0 Å². The number of hydrogen-bond acceptors (Lipinski definition) is 3. The normalized spacial score (nSPS) is 28.1. The fraction of sp³-hybridized carbons (Fsp3) is 0.900. The number of urea groups is 1. The predicted molar refractivity (Wildman–Crippen MR) is 65.6 cm³/mol. The summed E-state index contributed by atoms with van der Waals surface area (Å²) in [6.07, 6.45) is -27.7. The number of carbonyl (C=O) groups is 1. The maximum atomic E-state index is 13.7. The Labute approximate surface area is 147 Å². The Morgan fingerprint density at radius 2 is 1.07 bits per heavy atom. The topological polar surface area (TPSA) is 42.0 Å². The number of rotatable bonds is 0. The monoisotopic (exact) mass is 464 g/mol. The zero-order chi connectivity index (χ0) is 22.6. The number of halogens is 12. The second-order valence-corrected chi connectivity index (χ2v) is 10.8. The van der Waals surface area contributed by atoms with Crippen molar-refractivity contribution in [3.8, 4) is 0 Å². The summed E-state index contributed by atoms with van der Waals surface area (Å²) in [6, 6.07) is -1.73. The Kier molecular flexibility index (Phi) is 4.19. The first-order valence-electron chi connectivity index (χ1n) is 6.68. The van der Waals surface area contributed by atoms with Gasteiger partial charge in [-0.05, 0) is 0 Å². The molecule has 2 fully saturated rings. The molecule has 2 saturated heterocycles. The molecule has 0 radical (unpaired) electrons. The van der Waals surface area contributed by atoms with Crippen molar-refractivity contribution in [2.75, 3.05) is 20.8 Å². The quantitative estimate of drug-likeness (QED) is 0.389. The van der Waals surface area contributed by atoms with Crippen molar-refractivity contribution in [1.82, 2.24) is 9.34 Å². The molecule has 0 saturated carbocycles. The van der Waals surface area contributed by atoms with Crippen LogP contribution in [0, 0.1) is 0 Å². The van der Waals surface area contributed by atoms with E-state index in [-0.39, 0.29) is 20.8 Å². The van der Waals surface area contributed by atoms with Crippen LogP contribution in [0.1, 0.15) is 0 Å². The molecule has 0 aromatic carbocycles. The third kappa shape index (κ3) is 2.00. The van der Waals surface area contributed by atoms with Gasteiger partial charge in [0.2, 0.25) is 0 Å². The Morgan fingerprint density at radius 1 is 0.750 bits per heavy atom. The van der Waals surface area contributed by atoms with Gasteiger partial charge in [0, 0.05) is 0 Å². The van der Waals surface area contributed by atoms with Gasteiger partial charge in [0.15, 0.2) is 0 Å². The van der Waals surface area contributed by atoms with Crippen LogP contribution >= 0.6 is 7.13 Å². The molecule has 166 valence electrons. The third-order valence-electron chi connectivity index (χ3n) is 4.85. The van der Waals surface area contributed by atoms with Crippen LogP contribution in [0.2, 0.25) is 0 Å². The summed E-state index contributed by atoms with van der Waals surface area (Å²) >= 11 is 0. The van der Waals surface area contributed by atoms with Crippen molar-refractivity contribution >= 4 is 13.2 Å². The molecule has 18 heteroatoms. The first kappa shape index (κ1) is 23.1. The van der Waals surface area contributed by atoms with Crippen LogP contribution in [-0.4, -0.2) is 72.0 Å². The van der Waals surface area contributed by atoms with Crippen LogP contribution in [0.3, 0.4) is 0 Å². The summed E-state index contributed by atoms with van der Waals surface area (Å²) in [5.74, 6) is -6.30. The van der Waals surface area contributed by atoms with Gasteiger partial charge >= 0.3 is 146 Å². The van der Waals surface area contributed by atoms with Crippen LogP contribution in [0.25, 0.3) is 0 Å². The van der Waals surface area contributed by atoms with Crippen molar-refractivity contribution in [3.05, 3.63) is 0 Å². The van der Waals surface area contributed by atoms with E-state index in [0.717, 1.165) is 0 Å². The third-order valence-corrected chi connectivity index (χ3v) is 10.8. The number of hydrogen-bond donors (Lipinski definition) is 0. The average molecular weight is 464 g/mol. The second kappa shape index (κ2) is 5.09. The summed E-state index contributed by atoms with van der Waals surface area (Å²) in [6.45, 7) is -0.257. The van der Waals surface area contributed by atoms with E-state index in [9.17, 15) is 57.5 Å². The molecular formula is C10H9F12N2O3P.